The van der Waals surface area contributed by atoms with Gasteiger partial charge in [0.25, 0.3) is 0 Å². The lowest BCUT2D eigenvalue weighted by Crippen LogP contribution is -2.50. The Bertz CT molecular complexity index is 597. The molecule has 2 aromatic rings. The molecule has 0 N–H and O–H groups in total. The van der Waals surface area contributed by atoms with Crippen LogP contribution in [0.1, 0.15) is 24.0 Å². The Balaban J connectivity index is 1.94. The summed E-state index contributed by atoms with van der Waals surface area (Å²) < 4.78 is 5.54. The van der Waals surface area contributed by atoms with E-state index in [1.165, 1.54) is 0 Å². The first kappa shape index (κ1) is 15.8. The van der Waals surface area contributed by atoms with E-state index in [1.807, 2.05) is 72.5 Å². The zero-order valence-corrected chi connectivity index (χ0v) is 13.3. The molecule has 4 heteroatoms. The van der Waals surface area contributed by atoms with Gasteiger partial charge in [0.2, 0.25) is 5.91 Å². The molecular formula is C19H20BNO2. The lowest BCUT2D eigenvalue weighted by atomic mass is 9.89. The van der Waals surface area contributed by atoms with Crippen molar-refractivity contribution >= 4 is 13.8 Å². The molecule has 1 fully saturated rings. The summed E-state index contributed by atoms with van der Waals surface area (Å²) in [5.41, 5.74) is 1.99. The molecule has 0 spiro atoms. The van der Waals surface area contributed by atoms with Crippen molar-refractivity contribution in [3.63, 3.8) is 0 Å². The highest BCUT2D eigenvalue weighted by molar-refractivity contribution is 6.11. The average Bonchev–Trinajstić information content (AvgIpc) is 2.56. The molecule has 3 rings (SSSR count). The van der Waals surface area contributed by atoms with Gasteiger partial charge in [0.15, 0.2) is 0 Å². The van der Waals surface area contributed by atoms with E-state index in [2.05, 4.69) is 0 Å². The van der Waals surface area contributed by atoms with Crippen molar-refractivity contribution in [2.75, 3.05) is 13.1 Å². The van der Waals surface area contributed by atoms with Gasteiger partial charge < -0.3 is 9.64 Å². The summed E-state index contributed by atoms with van der Waals surface area (Å²) in [6, 6.07) is 19.4. The molecule has 0 bridgehead atoms. The van der Waals surface area contributed by atoms with Crippen LogP contribution in [0.15, 0.2) is 60.7 Å². The number of hydrogen-bond donors (Lipinski definition) is 0. The summed E-state index contributed by atoms with van der Waals surface area (Å²) in [6.07, 6.45) is -0.0464. The molecule has 1 aliphatic heterocycles. The third-order valence-electron chi connectivity index (χ3n) is 4.11. The van der Waals surface area contributed by atoms with Crippen LogP contribution in [0.2, 0.25) is 0 Å². The van der Waals surface area contributed by atoms with Crippen LogP contribution >= 0.6 is 0 Å². The van der Waals surface area contributed by atoms with Crippen LogP contribution in [0.25, 0.3) is 0 Å². The minimum atomic E-state index is -0.421. The van der Waals surface area contributed by atoms with E-state index in [9.17, 15) is 4.79 Å². The predicted molar refractivity (Wildman–Crippen MR) is 91.4 cm³/mol. The number of amides is 1. The molecule has 0 saturated carbocycles. The Morgan fingerprint density at radius 2 is 1.57 bits per heavy atom. The molecule has 1 saturated heterocycles. The monoisotopic (exact) mass is 305 g/mol. The Kier molecular flexibility index (Phi) is 4.82. The molecule has 1 amide bonds. The van der Waals surface area contributed by atoms with E-state index >= 15 is 0 Å². The van der Waals surface area contributed by atoms with Crippen molar-refractivity contribution in [3.05, 3.63) is 71.8 Å². The quantitative estimate of drug-likeness (QED) is 0.816. The Hall–Kier alpha value is -2.07. The Morgan fingerprint density at radius 3 is 2.04 bits per heavy atom. The van der Waals surface area contributed by atoms with Crippen LogP contribution < -0.4 is 0 Å². The van der Waals surface area contributed by atoms with E-state index in [4.69, 9.17) is 12.6 Å². The molecule has 23 heavy (non-hydrogen) atoms. The van der Waals surface area contributed by atoms with Crippen molar-refractivity contribution in [1.29, 1.82) is 0 Å². The SMILES string of the molecule is [B]C1CN(C(=O)C(c2ccccc2)c2ccccc2)CC(C)O1. The third kappa shape index (κ3) is 3.65. The molecule has 1 heterocycles. The predicted octanol–water partition coefficient (Wildman–Crippen LogP) is 2.56. The first-order valence-electron chi connectivity index (χ1n) is 7.95. The van der Waals surface area contributed by atoms with Gasteiger partial charge in [0.1, 0.15) is 7.85 Å². The molecule has 2 unspecified atom stereocenters. The first-order valence-corrected chi connectivity index (χ1v) is 7.95. The number of carbonyl (C=O) groups is 1. The summed E-state index contributed by atoms with van der Waals surface area (Å²) in [5.74, 6) is -0.233. The number of ether oxygens (including phenoxy) is 1. The van der Waals surface area contributed by atoms with Crippen molar-refractivity contribution < 1.29 is 9.53 Å². The fraction of sp³-hybridized carbons (Fsp3) is 0.316. The number of nitrogens with zero attached hydrogens (tertiary/aromatic N) is 1. The van der Waals surface area contributed by atoms with Gasteiger partial charge in [0, 0.05) is 19.1 Å². The minimum absolute atomic E-state index is 0.0464. The first-order chi connectivity index (χ1) is 11.1. The normalized spacial score (nSPS) is 21.4. The fourth-order valence-electron chi connectivity index (χ4n) is 3.12. The minimum Gasteiger partial charge on any atom is -0.381 e. The number of rotatable bonds is 3. The van der Waals surface area contributed by atoms with Crippen molar-refractivity contribution in [3.8, 4) is 0 Å². The molecule has 0 aromatic heterocycles. The largest absolute Gasteiger partial charge is 0.381 e. The lowest BCUT2D eigenvalue weighted by molar-refractivity contribution is -0.140. The standard InChI is InChI=1S/C19H20BNO2/c1-14-12-21(13-17(20)23-14)19(22)18(15-8-4-2-5-9-15)16-10-6-3-7-11-16/h2-11,14,17-18H,12-13H2,1H3. The molecule has 2 radical (unpaired) electrons. The number of hydrogen-bond acceptors (Lipinski definition) is 2. The summed E-state index contributed by atoms with van der Waals surface area (Å²) in [5, 5.41) is 0. The average molecular weight is 305 g/mol. The van der Waals surface area contributed by atoms with Gasteiger partial charge in [-0.05, 0) is 18.1 Å². The van der Waals surface area contributed by atoms with E-state index in [-0.39, 0.29) is 17.9 Å². The second kappa shape index (κ2) is 7.01. The van der Waals surface area contributed by atoms with Crippen LogP contribution in [0.3, 0.4) is 0 Å². The number of benzene rings is 2. The summed E-state index contributed by atoms with van der Waals surface area (Å²) in [7, 11) is 5.91. The fourth-order valence-corrected chi connectivity index (χ4v) is 3.12. The molecule has 2 atom stereocenters. The second-order valence-electron chi connectivity index (χ2n) is 5.98. The van der Waals surface area contributed by atoms with Gasteiger partial charge in [-0.3, -0.25) is 4.79 Å². The molecule has 0 aliphatic carbocycles. The van der Waals surface area contributed by atoms with E-state index in [1.54, 1.807) is 0 Å². The maximum atomic E-state index is 13.2. The summed E-state index contributed by atoms with van der Waals surface area (Å²) in [6.45, 7) is 2.95. The highest BCUT2D eigenvalue weighted by Gasteiger charge is 2.32. The van der Waals surface area contributed by atoms with Gasteiger partial charge >= 0.3 is 0 Å². The van der Waals surface area contributed by atoms with Crippen LogP contribution in [0.5, 0.6) is 0 Å². The molecule has 1 aliphatic rings. The highest BCUT2D eigenvalue weighted by atomic mass is 16.5. The van der Waals surface area contributed by atoms with E-state index in [0.717, 1.165) is 11.1 Å². The third-order valence-corrected chi connectivity index (χ3v) is 4.11. The summed E-state index contributed by atoms with van der Waals surface area (Å²) in [4.78, 5) is 15.0. The molecule has 3 nitrogen and oxygen atoms in total. The van der Waals surface area contributed by atoms with Crippen molar-refractivity contribution in [1.82, 2.24) is 4.90 Å². The second-order valence-corrected chi connectivity index (χ2v) is 5.98. The van der Waals surface area contributed by atoms with Gasteiger partial charge in [0.05, 0.1) is 12.0 Å². The van der Waals surface area contributed by atoms with Crippen LogP contribution in [0.4, 0.5) is 0 Å². The zero-order valence-electron chi connectivity index (χ0n) is 13.3. The zero-order chi connectivity index (χ0) is 16.2. The Morgan fingerprint density at radius 1 is 1.04 bits per heavy atom. The lowest BCUT2D eigenvalue weighted by Gasteiger charge is -2.37. The number of morpholine rings is 1. The van der Waals surface area contributed by atoms with Crippen LogP contribution in [-0.2, 0) is 9.53 Å². The van der Waals surface area contributed by atoms with Crippen LogP contribution in [-0.4, -0.2) is 43.9 Å². The van der Waals surface area contributed by atoms with Gasteiger partial charge in [-0.25, -0.2) is 0 Å². The maximum absolute atomic E-state index is 13.2. The van der Waals surface area contributed by atoms with Crippen molar-refractivity contribution in [2.24, 2.45) is 0 Å². The topological polar surface area (TPSA) is 29.5 Å². The Labute approximate surface area is 138 Å². The maximum Gasteiger partial charge on any atom is 0.234 e. The van der Waals surface area contributed by atoms with Gasteiger partial charge in [-0.15, -0.1) is 0 Å². The summed E-state index contributed by atoms with van der Waals surface area (Å²) >= 11 is 0. The van der Waals surface area contributed by atoms with E-state index in [0.29, 0.717) is 13.1 Å². The van der Waals surface area contributed by atoms with Crippen LogP contribution in [0, 0.1) is 0 Å². The molecule has 116 valence electrons. The highest BCUT2D eigenvalue weighted by Crippen LogP contribution is 2.28. The van der Waals surface area contributed by atoms with Crippen molar-refractivity contribution in [2.45, 2.75) is 24.9 Å². The smallest absolute Gasteiger partial charge is 0.234 e. The van der Waals surface area contributed by atoms with Gasteiger partial charge in [-0.1, -0.05) is 60.7 Å². The van der Waals surface area contributed by atoms with E-state index < -0.39 is 6.00 Å². The number of carbonyl (C=O) groups excluding carboxylic acids is 1. The molecule has 2 aromatic carbocycles. The van der Waals surface area contributed by atoms with Gasteiger partial charge in [-0.2, -0.15) is 0 Å². The molecular weight excluding hydrogens is 285 g/mol.